The molecule has 1 aliphatic rings. The Morgan fingerprint density at radius 3 is 2.57 bits per heavy atom. The Labute approximate surface area is 183 Å². The van der Waals surface area contributed by atoms with E-state index in [4.69, 9.17) is 4.74 Å². The van der Waals surface area contributed by atoms with Gasteiger partial charge in [0.1, 0.15) is 6.10 Å². The molecule has 0 aliphatic carbocycles. The van der Waals surface area contributed by atoms with Crippen molar-refractivity contribution < 1.29 is 14.3 Å². The van der Waals surface area contributed by atoms with Gasteiger partial charge in [-0.15, -0.1) is 11.8 Å². The van der Waals surface area contributed by atoms with Crippen molar-refractivity contribution in [3.05, 3.63) is 76.9 Å². The van der Waals surface area contributed by atoms with Gasteiger partial charge in [0, 0.05) is 17.7 Å². The average molecular weight is 423 g/mol. The van der Waals surface area contributed by atoms with Crippen LogP contribution in [0.25, 0.3) is 0 Å². The van der Waals surface area contributed by atoms with Crippen molar-refractivity contribution in [2.45, 2.75) is 69.1 Å². The molecule has 30 heavy (non-hydrogen) atoms. The summed E-state index contributed by atoms with van der Waals surface area (Å²) >= 11 is 1.63. The lowest BCUT2D eigenvalue weighted by atomic mass is 9.94. The van der Waals surface area contributed by atoms with Crippen molar-refractivity contribution >= 4 is 23.5 Å². The number of Topliss-reactive ketones (excluding diaryl/α,β-unsaturated/α-hetero) is 1. The first kappa shape index (κ1) is 22.4. The van der Waals surface area contributed by atoms with E-state index in [1.807, 2.05) is 63.2 Å². The van der Waals surface area contributed by atoms with Gasteiger partial charge in [0.2, 0.25) is 0 Å². The fourth-order valence-electron chi connectivity index (χ4n) is 3.85. The van der Waals surface area contributed by atoms with Gasteiger partial charge < -0.3 is 4.74 Å². The summed E-state index contributed by atoms with van der Waals surface area (Å²) in [6, 6.07) is 14.0. The van der Waals surface area contributed by atoms with Crippen LogP contribution in [0.5, 0.6) is 0 Å². The maximum Gasteiger partial charge on any atom is 0.338 e. The molecule has 0 saturated carbocycles. The fourth-order valence-corrected chi connectivity index (χ4v) is 5.00. The zero-order chi connectivity index (χ0) is 21.5. The minimum atomic E-state index is -0.333. The van der Waals surface area contributed by atoms with Gasteiger partial charge in [-0.2, -0.15) is 0 Å². The van der Waals surface area contributed by atoms with Crippen LogP contribution in [0.15, 0.2) is 59.5 Å². The van der Waals surface area contributed by atoms with Crippen LogP contribution in [0.2, 0.25) is 0 Å². The summed E-state index contributed by atoms with van der Waals surface area (Å²) in [4.78, 5) is 27.4. The van der Waals surface area contributed by atoms with Crippen LogP contribution in [0.1, 0.15) is 59.7 Å². The van der Waals surface area contributed by atoms with Crippen LogP contribution in [-0.2, 0) is 16.0 Å². The van der Waals surface area contributed by atoms with E-state index in [2.05, 4.69) is 12.2 Å². The Bertz CT molecular complexity index is 917. The van der Waals surface area contributed by atoms with Crippen molar-refractivity contribution in [1.29, 1.82) is 0 Å². The molecule has 3 nitrogen and oxygen atoms in total. The van der Waals surface area contributed by atoms with Crippen molar-refractivity contribution in [2.75, 3.05) is 0 Å². The Morgan fingerprint density at radius 1 is 1.03 bits per heavy atom. The third kappa shape index (κ3) is 6.09. The summed E-state index contributed by atoms with van der Waals surface area (Å²) in [6.07, 6.45) is 7.68. The highest BCUT2D eigenvalue weighted by Gasteiger charge is 2.25. The summed E-state index contributed by atoms with van der Waals surface area (Å²) in [5.41, 5.74) is 3.24. The third-order valence-corrected chi connectivity index (χ3v) is 6.62. The lowest BCUT2D eigenvalue weighted by molar-refractivity contribution is -0.118. The maximum absolute atomic E-state index is 13.4. The second kappa shape index (κ2) is 10.6. The number of esters is 1. The van der Waals surface area contributed by atoms with Gasteiger partial charge in [-0.3, -0.25) is 4.79 Å². The zero-order valence-electron chi connectivity index (χ0n) is 18.0. The summed E-state index contributed by atoms with van der Waals surface area (Å²) in [7, 11) is 0. The van der Waals surface area contributed by atoms with Gasteiger partial charge >= 0.3 is 5.97 Å². The van der Waals surface area contributed by atoms with Gasteiger partial charge in [0.05, 0.1) is 10.8 Å². The van der Waals surface area contributed by atoms with Crippen molar-refractivity contribution in [2.24, 2.45) is 0 Å². The number of rotatable bonds is 2. The van der Waals surface area contributed by atoms with Gasteiger partial charge in [0.25, 0.3) is 0 Å². The van der Waals surface area contributed by atoms with E-state index in [-0.39, 0.29) is 29.5 Å². The molecule has 2 aromatic rings. The van der Waals surface area contributed by atoms with Gasteiger partial charge in [-0.25, -0.2) is 4.79 Å². The zero-order valence-corrected chi connectivity index (χ0v) is 18.8. The van der Waals surface area contributed by atoms with Crippen molar-refractivity contribution in [1.82, 2.24) is 0 Å². The standard InChI is InChI=1S/C26H30O3S/c1-18-15-19(2)25-21(16-18)17-23(27)24(30-22-12-8-6-9-13-22)14-10-5-4-7-11-20(3)29-26(25)28/h4,6-9,12-13,15-16,20,24H,5,10-11,14,17H2,1-3H3/b7-4+. The first-order valence-corrected chi connectivity index (χ1v) is 11.5. The monoisotopic (exact) mass is 422 g/mol. The predicted molar refractivity (Wildman–Crippen MR) is 123 cm³/mol. The third-order valence-electron chi connectivity index (χ3n) is 5.29. The highest BCUT2D eigenvalue weighted by Crippen LogP contribution is 2.30. The number of carbonyl (C=O) groups excluding carboxylic acids is 2. The van der Waals surface area contributed by atoms with Gasteiger partial charge in [-0.1, -0.05) is 48.0 Å². The van der Waals surface area contributed by atoms with Crippen LogP contribution in [0, 0.1) is 13.8 Å². The Kier molecular flexibility index (Phi) is 7.92. The quantitative estimate of drug-likeness (QED) is 0.424. The smallest absolute Gasteiger partial charge is 0.338 e. The van der Waals surface area contributed by atoms with E-state index >= 15 is 0 Å². The molecule has 0 aromatic heterocycles. The lowest BCUT2D eigenvalue weighted by Gasteiger charge is -2.19. The Morgan fingerprint density at radius 2 is 1.80 bits per heavy atom. The number of ether oxygens (including phenoxy) is 1. The second-order valence-electron chi connectivity index (χ2n) is 8.03. The topological polar surface area (TPSA) is 43.4 Å². The summed E-state index contributed by atoms with van der Waals surface area (Å²) < 4.78 is 5.69. The number of thioether (sulfide) groups is 1. The molecule has 0 spiro atoms. The first-order valence-electron chi connectivity index (χ1n) is 10.6. The molecule has 1 heterocycles. The van der Waals surface area contributed by atoms with E-state index in [0.717, 1.165) is 40.8 Å². The SMILES string of the molecule is Cc1cc(C)c2c(c1)CC(=O)C(Sc1ccccc1)CCC/C=C/CC(C)OC2=O. The molecule has 2 unspecified atom stereocenters. The normalized spacial score (nSPS) is 22.0. The van der Waals surface area contributed by atoms with Crippen molar-refractivity contribution in [3.63, 3.8) is 0 Å². The van der Waals surface area contributed by atoms with Crippen LogP contribution in [0.4, 0.5) is 0 Å². The van der Waals surface area contributed by atoms with Crippen LogP contribution in [-0.4, -0.2) is 23.1 Å². The van der Waals surface area contributed by atoms with E-state index in [1.54, 1.807) is 11.8 Å². The molecule has 1 aliphatic heterocycles. The van der Waals surface area contributed by atoms with Crippen LogP contribution in [0.3, 0.4) is 0 Å². The average Bonchev–Trinajstić information content (AvgIpc) is 2.69. The number of carbonyl (C=O) groups is 2. The molecule has 0 saturated heterocycles. The molecular formula is C26H30O3S. The molecule has 4 heteroatoms. The van der Waals surface area contributed by atoms with Gasteiger partial charge in [-0.05, 0) is 63.3 Å². The first-order chi connectivity index (χ1) is 14.4. The minimum Gasteiger partial charge on any atom is -0.459 e. The molecule has 0 amide bonds. The number of aryl methyl sites for hydroxylation is 2. The number of benzene rings is 2. The largest absolute Gasteiger partial charge is 0.459 e. The number of hydrogen-bond acceptors (Lipinski definition) is 4. The fraction of sp³-hybridized carbons (Fsp3) is 0.385. The van der Waals surface area contributed by atoms with E-state index in [1.165, 1.54) is 0 Å². The van der Waals surface area contributed by atoms with Crippen LogP contribution >= 0.6 is 11.8 Å². The molecule has 2 aromatic carbocycles. The molecule has 2 atom stereocenters. The predicted octanol–water partition coefficient (Wildman–Crippen LogP) is 6.25. The van der Waals surface area contributed by atoms with Crippen LogP contribution < -0.4 is 0 Å². The Hall–Kier alpha value is -2.33. The highest BCUT2D eigenvalue weighted by atomic mass is 32.2. The van der Waals surface area contributed by atoms with Crippen molar-refractivity contribution in [3.8, 4) is 0 Å². The molecule has 0 bridgehead atoms. The number of hydrogen-bond donors (Lipinski definition) is 0. The summed E-state index contributed by atoms with van der Waals surface area (Å²) in [5, 5.41) is -0.132. The van der Waals surface area contributed by atoms with Gasteiger partial charge in [0.15, 0.2) is 5.78 Å². The second-order valence-corrected chi connectivity index (χ2v) is 9.31. The summed E-state index contributed by atoms with van der Waals surface area (Å²) in [5.74, 6) is -0.169. The molecule has 0 fully saturated rings. The lowest BCUT2D eigenvalue weighted by Crippen LogP contribution is -2.23. The maximum atomic E-state index is 13.4. The minimum absolute atomic E-state index is 0.132. The summed E-state index contributed by atoms with van der Waals surface area (Å²) in [6.45, 7) is 5.83. The number of fused-ring (bicyclic) bond motifs is 1. The molecule has 3 rings (SSSR count). The molecular weight excluding hydrogens is 392 g/mol. The molecule has 158 valence electrons. The number of cyclic esters (lactones) is 1. The van der Waals surface area contributed by atoms with E-state index in [0.29, 0.717) is 12.0 Å². The highest BCUT2D eigenvalue weighted by molar-refractivity contribution is 8.00. The number of ketones is 1. The molecule has 0 N–H and O–H groups in total. The molecule has 0 radical (unpaired) electrons. The van der Waals surface area contributed by atoms with E-state index < -0.39 is 0 Å². The Balaban J connectivity index is 1.94. The van der Waals surface area contributed by atoms with E-state index in [9.17, 15) is 9.59 Å². The number of allylic oxidation sites excluding steroid dienone is 1.